The number of anilines is 1. The first-order valence-electron chi connectivity index (χ1n) is 6.57. The lowest BCUT2D eigenvalue weighted by Gasteiger charge is -2.32. The van der Waals surface area contributed by atoms with E-state index >= 15 is 0 Å². The first-order chi connectivity index (χ1) is 8.69. The number of hydrogen-bond donors (Lipinski definition) is 1. The number of nitrogens with zero attached hydrogens (tertiary/aromatic N) is 1. The average molecular weight is 313 g/mol. The van der Waals surface area contributed by atoms with Gasteiger partial charge in [-0.05, 0) is 50.1 Å². The molecular weight excluding hydrogens is 292 g/mol. The second-order valence-corrected chi connectivity index (χ2v) is 5.66. The molecule has 1 aliphatic rings. The number of nitrogens with two attached hydrogens (primary N) is 1. The van der Waals surface area contributed by atoms with E-state index in [4.69, 9.17) is 10.5 Å². The van der Waals surface area contributed by atoms with Crippen molar-refractivity contribution in [3.63, 3.8) is 0 Å². The SMILES string of the molecule is CCOC1CCCN(Cc2cc(N)ccc2Br)C1. The summed E-state index contributed by atoms with van der Waals surface area (Å²) in [4.78, 5) is 2.45. The van der Waals surface area contributed by atoms with Crippen molar-refractivity contribution in [1.82, 2.24) is 4.90 Å². The minimum absolute atomic E-state index is 0.392. The fourth-order valence-electron chi connectivity index (χ4n) is 2.49. The van der Waals surface area contributed by atoms with Crippen LogP contribution in [0.25, 0.3) is 0 Å². The molecule has 0 spiro atoms. The van der Waals surface area contributed by atoms with Gasteiger partial charge in [0.2, 0.25) is 0 Å². The molecule has 4 heteroatoms. The first kappa shape index (κ1) is 13.8. The van der Waals surface area contributed by atoms with Gasteiger partial charge < -0.3 is 10.5 Å². The summed E-state index contributed by atoms with van der Waals surface area (Å²) in [6.45, 7) is 5.98. The molecule has 0 aliphatic carbocycles. The molecule has 0 amide bonds. The number of piperidine rings is 1. The highest BCUT2D eigenvalue weighted by Gasteiger charge is 2.20. The molecule has 1 unspecified atom stereocenters. The van der Waals surface area contributed by atoms with Gasteiger partial charge in [0.15, 0.2) is 0 Å². The van der Waals surface area contributed by atoms with Crippen LogP contribution in [0.2, 0.25) is 0 Å². The van der Waals surface area contributed by atoms with Crippen LogP contribution >= 0.6 is 15.9 Å². The van der Waals surface area contributed by atoms with E-state index in [9.17, 15) is 0 Å². The Bertz CT molecular complexity index is 395. The van der Waals surface area contributed by atoms with E-state index in [1.54, 1.807) is 0 Å². The minimum atomic E-state index is 0.392. The predicted molar refractivity (Wildman–Crippen MR) is 78.5 cm³/mol. The smallest absolute Gasteiger partial charge is 0.0702 e. The Morgan fingerprint density at radius 3 is 3.11 bits per heavy atom. The molecule has 18 heavy (non-hydrogen) atoms. The number of ether oxygens (including phenoxy) is 1. The van der Waals surface area contributed by atoms with Crippen molar-refractivity contribution in [1.29, 1.82) is 0 Å². The summed E-state index contributed by atoms with van der Waals surface area (Å²) in [5.41, 5.74) is 7.93. The van der Waals surface area contributed by atoms with E-state index < -0.39 is 0 Å². The molecule has 1 atom stereocenters. The molecule has 2 rings (SSSR count). The third-order valence-electron chi connectivity index (χ3n) is 3.33. The molecule has 3 nitrogen and oxygen atoms in total. The van der Waals surface area contributed by atoms with Crippen molar-refractivity contribution in [3.05, 3.63) is 28.2 Å². The minimum Gasteiger partial charge on any atom is -0.399 e. The van der Waals surface area contributed by atoms with Crippen LogP contribution in [-0.4, -0.2) is 30.7 Å². The van der Waals surface area contributed by atoms with Crippen LogP contribution in [0.4, 0.5) is 5.69 Å². The Hall–Kier alpha value is -0.580. The van der Waals surface area contributed by atoms with Gasteiger partial charge in [-0.1, -0.05) is 15.9 Å². The maximum absolute atomic E-state index is 5.84. The highest BCUT2D eigenvalue weighted by atomic mass is 79.9. The monoisotopic (exact) mass is 312 g/mol. The second-order valence-electron chi connectivity index (χ2n) is 4.81. The zero-order chi connectivity index (χ0) is 13.0. The van der Waals surface area contributed by atoms with Crippen LogP contribution in [0, 0.1) is 0 Å². The Labute approximate surface area is 117 Å². The lowest BCUT2D eigenvalue weighted by molar-refractivity contribution is 0.00358. The van der Waals surface area contributed by atoms with Gasteiger partial charge in [-0.3, -0.25) is 4.90 Å². The largest absolute Gasteiger partial charge is 0.399 e. The lowest BCUT2D eigenvalue weighted by Crippen LogP contribution is -2.39. The molecule has 2 N–H and O–H groups in total. The van der Waals surface area contributed by atoms with Crippen LogP contribution in [0.5, 0.6) is 0 Å². The van der Waals surface area contributed by atoms with E-state index in [1.165, 1.54) is 18.4 Å². The Morgan fingerprint density at radius 2 is 2.33 bits per heavy atom. The van der Waals surface area contributed by atoms with E-state index in [2.05, 4.69) is 27.8 Å². The molecule has 0 aromatic heterocycles. The zero-order valence-corrected chi connectivity index (χ0v) is 12.4. The fourth-order valence-corrected chi connectivity index (χ4v) is 2.86. The van der Waals surface area contributed by atoms with Crippen LogP contribution in [0.3, 0.4) is 0 Å². The summed E-state index contributed by atoms with van der Waals surface area (Å²) in [5, 5.41) is 0. The standard InChI is InChI=1S/C14H21BrN2O/c1-2-18-13-4-3-7-17(10-13)9-11-8-12(16)5-6-14(11)15/h5-6,8,13H,2-4,7,9-10,16H2,1H3. The van der Waals surface area contributed by atoms with Crippen molar-refractivity contribution >= 4 is 21.6 Å². The molecule has 1 aromatic rings. The molecule has 1 aromatic carbocycles. The van der Waals surface area contributed by atoms with Gasteiger partial charge in [0.05, 0.1) is 6.10 Å². The van der Waals surface area contributed by atoms with Gasteiger partial charge in [0.25, 0.3) is 0 Å². The lowest BCUT2D eigenvalue weighted by atomic mass is 10.1. The molecule has 1 aliphatic heterocycles. The van der Waals surface area contributed by atoms with E-state index in [-0.39, 0.29) is 0 Å². The summed E-state index contributed by atoms with van der Waals surface area (Å²) in [5.74, 6) is 0. The van der Waals surface area contributed by atoms with Gasteiger partial charge in [-0.15, -0.1) is 0 Å². The van der Waals surface area contributed by atoms with Crippen LogP contribution in [0.1, 0.15) is 25.3 Å². The molecule has 1 fully saturated rings. The molecule has 0 radical (unpaired) electrons. The van der Waals surface area contributed by atoms with Crippen LogP contribution in [0.15, 0.2) is 22.7 Å². The number of hydrogen-bond acceptors (Lipinski definition) is 3. The van der Waals surface area contributed by atoms with Crippen molar-refractivity contribution < 1.29 is 4.74 Å². The highest BCUT2D eigenvalue weighted by molar-refractivity contribution is 9.10. The van der Waals surface area contributed by atoms with E-state index in [0.29, 0.717) is 6.10 Å². The average Bonchev–Trinajstić information content (AvgIpc) is 2.35. The highest BCUT2D eigenvalue weighted by Crippen LogP contribution is 2.23. The topological polar surface area (TPSA) is 38.5 Å². The van der Waals surface area contributed by atoms with E-state index in [1.807, 2.05) is 18.2 Å². The van der Waals surface area contributed by atoms with Gasteiger partial charge in [-0.25, -0.2) is 0 Å². The Morgan fingerprint density at radius 1 is 1.50 bits per heavy atom. The number of halogens is 1. The van der Waals surface area contributed by atoms with Gasteiger partial charge in [-0.2, -0.15) is 0 Å². The van der Waals surface area contributed by atoms with Crippen LogP contribution in [-0.2, 0) is 11.3 Å². The van der Waals surface area contributed by atoms with Crippen LogP contribution < -0.4 is 5.73 Å². The first-order valence-corrected chi connectivity index (χ1v) is 7.36. The number of nitrogen functional groups attached to an aromatic ring is 1. The molecule has 100 valence electrons. The van der Waals surface area contributed by atoms with Crippen molar-refractivity contribution in [2.75, 3.05) is 25.4 Å². The molecule has 1 saturated heterocycles. The van der Waals surface area contributed by atoms with E-state index in [0.717, 1.165) is 36.4 Å². The third kappa shape index (κ3) is 3.70. The molecule has 0 bridgehead atoms. The molecule has 1 heterocycles. The summed E-state index contributed by atoms with van der Waals surface area (Å²) in [7, 11) is 0. The van der Waals surface area contributed by atoms with Gasteiger partial charge >= 0.3 is 0 Å². The predicted octanol–water partition coefficient (Wildman–Crippen LogP) is 3.03. The summed E-state index contributed by atoms with van der Waals surface area (Å²) in [6.07, 6.45) is 2.79. The summed E-state index contributed by atoms with van der Waals surface area (Å²) in [6, 6.07) is 6.00. The van der Waals surface area contributed by atoms with Crippen molar-refractivity contribution in [2.24, 2.45) is 0 Å². The second kappa shape index (κ2) is 6.55. The third-order valence-corrected chi connectivity index (χ3v) is 4.10. The number of likely N-dealkylation sites (tertiary alicyclic amines) is 1. The van der Waals surface area contributed by atoms with Gasteiger partial charge in [0.1, 0.15) is 0 Å². The van der Waals surface area contributed by atoms with Gasteiger partial charge in [0, 0.05) is 29.9 Å². The van der Waals surface area contributed by atoms with Crippen molar-refractivity contribution in [2.45, 2.75) is 32.4 Å². The normalized spacial score (nSPS) is 21.1. The maximum Gasteiger partial charge on any atom is 0.0702 e. The molecular formula is C14H21BrN2O. The Kier molecular flexibility index (Phi) is 5.03. The van der Waals surface area contributed by atoms with Crippen molar-refractivity contribution in [3.8, 4) is 0 Å². The fraction of sp³-hybridized carbons (Fsp3) is 0.571. The zero-order valence-electron chi connectivity index (χ0n) is 10.9. The maximum atomic E-state index is 5.84. The Balaban J connectivity index is 1.98. The number of benzene rings is 1. The quantitative estimate of drug-likeness (QED) is 0.869. The summed E-state index contributed by atoms with van der Waals surface area (Å²) >= 11 is 3.59. The summed E-state index contributed by atoms with van der Waals surface area (Å²) < 4.78 is 6.86. The number of rotatable bonds is 4. The molecule has 0 saturated carbocycles.